The summed E-state index contributed by atoms with van der Waals surface area (Å²) in [4.78, 5) is 13.7. The van der Waals surface area contributed by atoms with Crippen molar-refractivity contribution in [3.05, 3.63) is 42.7 Å². The Kier molecular flexibility index (Phi) is 2.67. The van der Waals surface area contributed by atoms with Gasteiger partial charge in [0.1, 0.15) is 5.76 Å². The number of hydrogen-bond donors (Lipinski definition) is 0. The van der Waals surface area contributed by atoms with Crippen LogP contribution in [-0.4, -0.2) is 11.9 Å². The summed E-state index contributed by atoms with van der Waals surface area (Å²) >= 11 is 0. The maximum Gasteiger partial charge on any atom is 0.227 e. The average Bonchev–Trinajstić information content (AvgIpc) is 3.01. The Morgan fingerprint density at radius 1 is 1.22 bits per heavy atom. The third-order valence-corrected chi connectivity index (χ3v) is 3.44. The number of furan rings is 1. The van der Waals surface area contributed by atoms with Crippen LogP contribution in [0.2, 0.25) is 0 Å². The molecule has 1 atom stereocenters. The van der Waals surface area contributed by atoms with Crippen LogP contribution in [0.5, 0.6) is 0 Å². The summed E-state index contributed by atoms with van der Waals surface area (Å²) < 4.78 is 5.35. The molecule has 1 fully saturated rings. The van der Waals surface area contributed by atoms with Gasteiger partial charge in [0, 0.05) is 23.7 Å². The number of hydrogen-bond acceptors (Lipinski definition) is 2. The molecule has 0 bridgehead atoms. The third kappa shape index (κ3) is 1.82. The molecular weight excluding hydrogens is 226 g/mol. The van der Waals surface area contributed by atoms with Crippen molar-refractivity contribution in [2.45, 2.75) is 25.8 Å². The molecule has 2 heterocycles. The van der Waals surface area contributed by atoms with Crippen molar-refractivity contribution in [2.75, 3.05) is 4.90 Å². The first kappa shape index (κ1) is 11.1. The molecule has 1 amide bonds. The summed E-state index contributed by atoms with van der Waals surface area (Å²) in [6.45, 7) is 2.09. The van der Waals surface area contributed by atoms with Gasteiger partial charge < -0.3 is 9.32 Å². The van der Waals surface area contributed by atoms with Gasteiger partial charge in [-0.3, -0.25) is 4.79 Å². The van der Waals surface area contributed by atoms with Crippen LogP contribution in [0.25, 0.3) is 11.3 Å². The molecule has 0 spiro atoms. The fourth-order valence-electron chi connectivity index (χ4n) is 2.46. The summed E-state index contributed by atoms with van der Waals surface area (Å²) in [5, 5.41) is 0. The molecule has 1 aliphatic rings. The molecule has 0 radical (unpaired) electrons. The van der Waals surface area contributed by atoms with Gasteiger partial charge in [0.2, 0.25) is 5.91 Å². The molecule has 1 aliphatic heterocycles. The third-order valence-electron chi connectivity index (χ3n) is 3.44. The second-order valence-corrected chi connectivity index (χ2v) is 4.68. The number of nitrogens with zero attached hydrogens (tertiary/aromatic N) is 1. The van der Waals surface area contributed by atoms with Crippen LogP contribution < -0.4 is 4.90 Å². The average molecular weight is 241 g/mol. The Bertz CT molecular complexity index is 542. The zero-order chi connectivity index (χ0) is 12.5. The maximum absolute atomic E-state index is 11.8. The molecule has 1 aromatic heterocycles. The van der Waals surface area contributed by atoms with Crippen molar-refractivity contribution < 1.29 is 9.21 Å². The van der Waals surface area contributed by atoms with E-state index >= 15 is 0 Å². The lowest BCUT2D eigenvalue weighted by molar-refractivity contribution is -0.117. The van der Waals surface area contributed by atoms with Crippen LogP contribution in [0, 0.1) is 0 Å². The molecule has 18 heavy (non-hydrogen) atoms. The number of anilines is 1. The van der Waals surface area contributed by atoms with Crippen LogP contribution >= 0.6 is 0 Å². The quantitative estimate of drug-likeness (QED) is 0.806. The zero-order valence-corrected chi connectivity index (χ0v) is 10.3. The van der Waals surface area contributed by atoms with Gasteiger partial charge >= 0.3 is 0 Å². The number of rotatable bonds is 2. The van der Waals surface area contributed by atoms with Crippen molar-refractivity contribution in [3.8, 4) is 11.3 Å². The Hall–Kier alpha value is -2.03. The summed E-state index contributed by atoms with van der Waals surface area (Å²) in [7, 11) is 0. The Balaban J connectivity index is 1.89. The van der Waals surface area contributed by atoms with E-state index in [2.05, 4.69) is 6.92 Å². The predicted octanol–water partition coefficient (Wildman–Crippen LogP) is 3.46. The van der Waals surface area contributed by atoms with Gasteiger partial charge in [0.15, 0.2) is 0 Å². The van der Waals surface area contributed by atoms with Crippen molar-refractivity contribution >= 4 is 11.6 Å². The highest BCUT2D eigenvalue weighted by molar-refractivity contribution is 5.96. The van der Waals surface area contributed by atoms with E-state index < -0.39 is 0 Å². The normalized spacial score (nSPS) is 19.5. The van der Waals surface area contributed by atoms with Crippen molar-refractivity contribution in [2.24, 2.45) is 0 Å². The molecule has 0 saturated carbocycles. The summed E-state index contributed by atoms with van der Waals surface area (Å²) in [5.74, 6) is 1.07. The van der Waals surface area contributed by atoms with Crippen molar-refractivity contribution in [1.29, 1.82) is 0 Å². The lowest BCUT2D eigenvalue weighted by atomic mass is 10.1. The Morgan fingerprint density at radius 2 is 2.00 bits per heavy atom. The van der Waals surface area contributed by atoms with Gasteiger partial charge in [-0.15, -0.1) is 0 Å². The molecule has 92 valence electrons. The second kappa shape index (κ2) is 4.33. The Labute approximate surface area is 106 Å². The lowest BCUT2D eigenvalue weighted by Crippen LogP contribution is -2.30. The molecule has 1 aromatic carbocycles. The van der Waals surface area contributed by atoms with E-state index in [9.17, 15) is 4.79 Å². The Morgan fingerprint density at radius 3 is 2.56 bits per heavy atom. The fourth-order valence-corrected chi connectivity index (χ4v) is 2.46. The van der Waals surface area contributed by atoms with Gasteiger partial charge in [-0.2, -0.15) is 0 Å². The highest BCUT2D eigenvalue weighted by atomic mass is 16.3. The highest BCUT2D eigenvalue weighted by Crippen LogP contribution is 2.28. The molecule has 2 aromatic rings. The van der Waals surface area contributed by atoms with E-state index in [4.69, 9.17) is 4.42 Å². The minimum absolute atomic E-state index is 0.216. The van der Waals surface area contributed by atoms with Gasteiger partial charge in [0.05, 0.1) is 6.26 Å². The van der Waals surface area contributed by atoms with Crippen molar-refractivity contribution in [3.63, 3.8) is 0 Å². The van der Waals surface area contributed by atoms with E-state index in [0.717, 1.165) is 23.4 Å². The molecule has 1 unspecified atom stereocenters. The first-order chi connectivity index (χ1) is 8.75. The molecule has 3 rings (SSSR count). The van der Waals surface area contributed by atoms with E-state index in [1.54, 1.807) is 6.26 Å². The molecule has 0 N–H and O–H groups in total. The van der Waals surface area contributed by atoms with E-state index in [0.29, 0.717) is 12.5 Å². The molecule has 1 saturated heterocycles. The van der Waals surface area contributed by atoms with Gasteiger partial charge in [-0.05, 0) is 49.7 Å². The first-order valence-corrected chi connectivity index (χ1v) is 6.22. The van der Waals surface area contributed by atoms with Gasteiger partial charge in [0.25, 0.3) is 0 Å². The predicted molar refractivity (Wildman–Crippen MR) is 70.3 cm³/mol. The summed E-state index contributed by atoms with van der Waals surface area (Å²) in [6.07, 6.45) is 3.26. The summed E-state index contributed by atoms with van der Waals surface area (Å²) in [5.41, 5.74) is 2.00. The van der Waals surface area contributed by atoms with Crippen LogP contribution in [0.15, 0.2) is 47.1 Å². The SMILES string of the molecule is CC1CCC(=O)N1c1ccc(-c2ccco2)cc1. The standard InChI is InChI=1S/C15H15NO2/c1-11-4-9-15(17)16(11)13-7-5-12(6-8-13)14-3-2-10-18-14/h2-3,5-8,10-11H,4,9H2,1H3. The molecule has 3 heteroatoms. The molecule has 3 nitrogen and oxygen atoms in total. The number of carbonyl (C=O) groups is 1. The molecular formula is C15H15NO2. The number of carbonyl (C=O) groups excluding carboxylic acids is 1. The molecule has 0 aliphatic carbocycles. The number of amides is 1. The van der Waals surface area contributed by atoms with E-state index in [1.165, 1.54) is 0 Å². The smallest absolute Gasteiger partial charge is 0.227 e. The van der Waals surface area contributed by atoms with Gasteiger partial charge in [-0.25, -0.2) is 0 Å². The lowest BCUT2D eigenvalue weighted by Gasteiger charge is -2.21. The minimum atomic E-state index is 0.216. The van der Waals surface area contributed by atoms with E-state index in [1.807, 2.05) is 41.3 Å². The monoisotopic (exact) mass is 241 g/mol. The van der Waals surface area contributed by atoms with Crippen LogP contribution in [0.1, 0.15) is 19.8 Å². The van der Waals surface area contributed by atoms with Crippen LogP contribution in [-0.2, 0) is 4.79 Å². The topological polar surface area (TPSA) is 33.5 Å². The summed E-state index contributed by atoms with van der Waals surface area (Å²) in [6, 6.07) is 12.1. The zero-order valence-electron chi connectivity index (χ0n) is 10.3. The number of benzene rings is 1. The van der Waals surface area contributed by atoms with Crippen LogP contribution in [0.4, 0.5) is 5.69 Å². The second-order valence-electron chi connectivity index (χ2n) is 4.68. The van der Waals surface area contributed by atoms with Gasteiger partial charge in [-0.1, -0.05) is 0 Å². The van der Waals surface area contributed by atoms with E-state index in [-0.39, 0.29) is 5.91 Å². The minimum Gasteiger partial charge on any atom is -0.464 e. The maximum atomic E-state index is 11.8. The largest absolute Gasteiger partial charge is 0.464 e. The first-order valence-electron chi connectivity index (χ1n) is 6.22. The fraction of sp³-hybridized carbons (Fsp3) is 0.267. The van der Waals surface area contributed by atoms with Crippen LogP contribution in [0.3, 0.4) is 0 Å². The van der Waals surface area contributed by atoms with Crippen molar-refractivity contribution in [1.82, 2.24) is 0 Å². The highest BCUT2D eigenvalue weighted by Gasteiger charge is 2.28.